The molecule has 6 N–H and O–H groups in total. The third-order valence-corrected chi connectivity index (χ3v) is 2.80. The van der Waals surface area contributed by atoms with E-state index in [1.807, 2.05) is 0 Å². The first kappa shape index (κ1) is 14.4. The van der Waals surface area contributed by atoms with Gasteiger partial charge >= 0.3 is 0 Å². The molecule has 0 fully saturated rings. The maximum absolute atomic E-state index is 7.64. The molecule has 98 valence electrons. The summed E-state index contributed by atoms with van der Waals surface area (Å²) in [4.78, 5) is 0. The Hall–Kier alpha value is -1.68. The van der Waals surface area contributed by atoms with Gasteiger partial charge in [-0.1, -0.05) is 24.3 Å². The fourth-order valence-electron chi connectivity index (χ4n) is 1.86. The third kappa shape index (κ3) is 5.59. The van der Waals surface area contributed by atoms with Crippen LogP contribution in [0.3, 0.4) is 0 Å². The summed E-state index contributed by atoms with van der Waals surface area (Å²) in [7, 11) is 0. The lowest BCUT2D eigenvalue weighted by Crippen LogP contribution is -2.14. The molecular formula is C14H22N4. The van der Waals surface area contributed by atoms with Crippen molar-refractivity contribution in [3.05, 3.63) is 35.4 Å². The van der Waals surface area contributed by atoms with E-state index in [9.17, 15) is 0 Å². The number of hydrogen-bond donors (Lipinski definition) is 4. The molecule has 0 bridgehead atoms. The van der Waals surface area contributed by atoms with Crippen LogP contribution in [0.25, 0.3) is 0 Å². The van der Waals surface area contributed by atoms with Gasteiger partial charge in [0.05, 0.1) is 5.84 Å². The molecule has 4 nitrogen and oxygen atoms in total. The van der Waals surface area contributed by atoms with Crippen LogP contribution in [0.2, 0.25) is 0 Å². The SMILES string of the molecule is N=C(N)CC(=N)CCCc1ccc(CCN)cc1. The first-order chi connectivity index (χ1) is 8.61. The normalized spacial score (nSPS) is 10.3. The molecule has 0 heterocycles. The Labute approximate surface area is 108 Å². The molecule has 0 radical (unpaired) electrons. The van der Waals surface area contributed by atoms with Crippen LogP contribution in [-0.2, 0) is 12.8 Å². The Balaban J connectivity index is 2.31. The van der Waals surface area contributed by atoms with E-state index < -0.39 is 0 Å². The van der Waals surface area contributed by atoms with Gasteiger partial charge in [-0.2, -0.15) is 0 Å². The number of hydrogen-bond acceptors (Lipinski definition) is 3. The molecule has 1 aromatic rings. The predicted octanol–water partition coefficient (Wildman–Crippen LogP) is 1.86. The molecule has 18 heavy (non-hydrogen) atoms. The summed E-state index contributed by atoms with van der Waals surface area (Å²) in [6.07, 6.45) is 3.83. The van der Waals surface area contributed by atoms with Gasteiger partial charge in [0.2, 0.25) is 0 Å². The van der Waals surface area contributed by atoms with E-state index >= 15 is 0 Å². The van der Waals surface area contributed by atoms with E-state index in [0.717, 1.165) is 19.3 Å². The van der Waals surface area contributed by atoms with Crippen LogP contribution in [0, 0.1) is 10.8 Å². The van der Waals surface area contributed by atoms with Crippen molar-refractivity contribution in [3.8, 4) is 0 Å². The first-order valence-corrected chi connectivity index (χ1v) is 6.29. The zero-order valence-electron chi connectivity index (χ0n) is 10.7. The highest BCUT2D eigenvalue weighted by molar-refractivity contribution is 5.99. The fraction of sp³-hybridized carbons (Fsp3) is 0.429. The molecule has 0 aliphatic carbocycles. The van der Waals surface area contributed by atoms with Gasteiger partial charge in [-0.3, -0.25) is 5.41 Å². The van der Waals surface area contributed by atoms with Crippen LogP contribution >= 0.6 is 0 Å². The number of nitrogens with two attached hydrogens (primary N) is 2. The van der Waals surface area contributed by atoms with E-state index in [4.69, 9.17) is 22.3 Å². The summed E-state index contributed by atoms with van der Waals surface area (Å²) >= 11 is 0. The summed E-state index contributed by atoms with van der Waals surface area (Å²) < 4.78 is 0. The summed E-state index contributed by atoms with van der Waals surface area (Å²) in [6.45, 7) is 0.682. The van der Waals surface area contributed by atoms with Crippen LogP contribution in [0.15, 0.2) is 24.3 Å². The Morgan fingerprint density at radius 1 is 1.00 bits per heavy atom. The largest absolute Gasteiger partial charge is 0.387 e. The Morgan fingerprint density at radius 2 is 1.56 bits per heavy atom. The predicted molar refractivity (Wildman–Crippen MR) is 76.4 cm³/mol. The molecule has 0 aliphatic heterocycles. The van der Waals surface area contributed by atoms with Crippen LogP contribution < -0.4 is 11.5 Å². The average Bonchev–Trinajstić information content (AvgIpc) is 2.31. The quantitative estimate of drug-likeness (QED) is 0.416. The van der Waals surface area contributed by atoms with Gasteiger partial charge in [-0.15, -0.1) is 0 Å². The van der Waals surface area contributed by atoms with Gasteiger partial charge in [-0.05, 0) is 43.4 Å². The van der Waals surface area contributed by atoms with Crippen molar-refractivity contribution < 1.29 is 0 Å². The summed E-state index contributed by atoms with van der Waals surface area (Å²) in [5.41, 5.74) is 13.9. The molecule has 1 rings (SSSR count). The second kappa shape index (κ2) is 7.61. The Morgan fingerprint density at radius 3 is 2.06 bits per heavy atom. The molecule has 0 aliphatic rings. The monoisotopic (exact) mass is 246 g/mol. The second-order valence-corrected chi connectivity index (χ2v) is 4.51. The van der Waals surface area contributed by atoms with Gasteiger partial charge < -0.3 is 16.9 Å². The van der Waals surface area contributed by atoms with Crippen LogP contribution in [-0.4, -0.2) is 18.1 Å². The van der Waals surface area contributed by atoms with Crippen LogP contribution in [0.1, 0.15) is 30.4 Å². The molecule has 0 saturated heterocycles. The van der Waals surface area contributed by atoms with Crippen molar-refractivity contribution in [2.45, 2.75) is 32.1 Å². The van der Waals surface area contributed by atoms with Crippen LogP contribution in [0.4, 0.5) is 0 Å². The maximum Gasteiger partial charge on any atom is 0.0962 e. The third-order valence-electron chi connectivity index (χ3n) is 2.80. The lowest BCUT2D eigenvalue weighted by molar-refractivity contribution is 0.854. The highest BCUT2D eigenvalue weighted by Crippen LogP contribution is 2.09. The smallest absolute Gasteiger partial charge is 0.0962 e. The van der Waals surface area contributed by atoms with E-state index in [1.54, 1.807) is 0 Å². The molecule has 0 spiro atoms. The van der Waals surface area contributed by atoms with Crippen molar-refractivity contribution in [1.82, 2.24) is 0 Å². The van der Waals surface area contributed by atoms with Gasteiger partial charge in [0, 0.05) is 12.1 Å². The fourth-order valence-corrected chi connectivity index (χ4v) is 1.86. The van der Waals surface area contributed by atoms with Crippen molar-refractivity contribution in [2.24, 2.45) is 11.5 Å². The van der Waals surface area contributed by atoms with E-state index in [-0.39, 0.29) is 5.84 Å². The lowest BCUT2D eigenvalue weighted by atomic mass is 10.0. The summed E-state index contributed by atoms with van der Waals surface area (Å²) in [5, 5.41) is 14.8. The summed E-state index contributed by atoms with van der Waals surface area (Å²) in [5.74, 6) is 0.0751. The topological polar surface area (TPSA) is 99.7 Å². The number of benzene rings is 1. The second-order valence-electron chi connectivity index (χ2n) is 4.51. The molecule has 1 aromatic carbocycles. The highest BCUT2D eigenvalue weighted by Gasteiger charge is 2.00. The van der Waals surface area contributed by atoms with Gasteiger partial charge in [-0.25, -0.2) is 0 Å². The number of aryl methyl sites for hydroxylation is 1. The minimum Gasteiger partial charge on any atom is -0.387 e. The molecule has 4 heteroatoms. The number of nitrogens with one attached hydrogen (secondary N) is 2. The number of rotatable bonds is 8. The van der Waals surface area contributed by atoms with E-state index in [2.05, 4.69) is 24.3 Å². The standard InChI is InChI=1S/C14H22N4/c15-9-8-12-6-4-11(5-7-12)2-1-3-13(16)10-14(17)18/h4-7,16H,1-3,8-10,15H2,(H3,17,18). The summed E-state index contributed by atoms with van der Waals surface area (Å²) in [6, 6.07) is 8.48. The zero-order valence-corrected chi connectivity index (χ0v) is 10.7. The Kier molecular flexibility index (Phi) is 6.08. The minimum absolute atomic E-state index is 0.0751. The van der Waals surface area contributed by atoms with Gasteiger partial charge in [0.25, 0.3) is 0 Å². The van der Waals surface area contributed by atoms with E-state index in [1.165, 1.54) is 11.1 Å². The molecule has 0 atom stereocenters. The Bertz CT molecular complexity index is 395. The van der Waals surface area contributed by atoms with Crippen molar-refractivity contribution in [3.63, 3.8) is 0 Å². The minimum atomic E-state index is 0.0751. The molecule has 0 aromatic heterocycles. The molecule has 0 amide bonds. The van der Waals surface area contributed by atoms with Crippen molar-refractivity contribution >= 4 is 11.5 Å². The van der Waals surface area contributed by atoms with Gasteiger partial charge in [0.15, 0.2) is 0 Å². The van der Waals surface area contributed by atoms with Gasteiger partial charge in [0.1, 0.15) is 0 Å². The number of amidine groups is 1. The van der Waals surface area contributed by atoms with Crippen molar-refractivity contribution in [2.75, 3.05) is 6.54 Å². The lowest BCUT2D eigenvalue weighted by Gasteiger charge is -2.05. The zero-order chi connectivity index (χ0) is 13.4. The molecular weight excluding hydrogens is 224 g/mol. The average molecular weight is 246 g/mol. The maximum atomic E-state index is 7.64. The van der Waals surface area contributed by atoms with Crippen LogP contribution in [0.5, 0.6) is 0 Å². The van der Waals surface area contributed by atoms with E-state index in [0.29, 0.717) is 25.1 Å². The molecule has 0 unspecified atom stereocenters. The first-order valence-electron chi connectivity index (χ1n) is 6.29. The van der Waals surface area contributed by atoms with Crippen molar-refractivity contribution in [1.29, 1.82) is 10.8 Å². The highest BCUT2D eigenvalue weighted by atomic mass is 14.7. The molecule has 0 saturated carbocycles.